The molecule has 3 atom stereocenters. The molecule has 2 N–H and O–H groups in total. The molecular formula is C19H31NO. The molecule has 0 amide bonds. The van der Waals surface area contributed by atoms with Crippen LogP contribution in [0.3, 0.4) is 0 Å². The zero-order chi connectivity index (χ0) is 15.4. The Morgan fingerprint density at radius 1 is 1.24 bits per heavy atom. The average Bonchev–Trinajstić information content (AvgIpc) is 2.45. The first-order valence-electron chi connectivity index (χ1n) is 8.50. The summed E-state index contributed by atoms with van der Waals surface area (Å²) in [6.45, 7) is 10.2. The molecule has 1 saturated carbocycles. The lowest BCUT2D eigenvalue weighted by Gasteiger charge is -2.34. The van der Waals surface area contributed by atoms with Gasteiger partial charge in [0.15, 0.2) is 0 Å². The smallest absolute Gasteiger partial charge is 0.123 e. The van der Waals surface area contributed by atoms with Gasteiger partial charge in [0, 0.05) is 5.92 Å². The zero-order valence-corrected chi connectivity index (χ0v) is 14.1. The fourth-order valence-corrected chi connectivity index (χ4v) is 3.80. The van der Waals surface area contributed by atoms with Crippen molar-refractivity contribution >= 4 is 0 Å². The minimum atomic E-state index is 0.439. The van der Waals surface area contributed by atoms with Crippen LogP contribution in [0.15, 0.2) is 12.1 Å². The van der Waals surface area contributed by atoms with Crippen LogP contribution in [0, 0.1) is 25.7 Å². The largest absolute Gasteiger partial charge is 0.494 e. The van der Waals surface area contributed by atoms with E-state index in [1.54, 1.807) is 0 Å². The molecule has 1 aromatic rings. The number of hydrogen-bond acceptors (Lipinski definition) is 2. The van der Waals surface area contributed by atoms with Crippen molar-refractivity contribution < 1.29 is 4.74 Å². The Morgan fingerprint density at radius 2 is 1.95 bits per heavy atom. The maximum Gasteiger partial charge on any atom is 0.123 e. The van der Waals surface area contributed by atoms with E-state index in [0.717, 1.165) is 18.2 Å². The van der Waals surface area contributed by atoms with Crippen LogP contribution in [-0.2, 0) is 0 Å². The van der Waals surface area contributed by atoms with Crippen LogP contribution in [-0.4, -0.2) is 13.2 Å². The lowest BCUT2D eigenvalue weighted by atomic mass is 9.73. The highest BCUT2D eigenvalue weighted by Gasteiger charge is 2.29. The van der Waals surface area contributed by atoms with Crippen LogP contribution in [0.4, 0.5) is 0 Å². The summed E-state index contributed by atoms with van der Waals surface area (Å²) in [6.07, 6.45) is 5.33. The van der Waals surface area contributed by atoms with E-state index in [-0.39, 0.29) is 0 Å². The molecule has 0 bridgehead atoms. The summed E-state index contributed by atoms with van der Waals surface area (Å²) >= 11 is 0. The summed E-state index contributed by atoms with van der Waals surface area (Å²) in [6, 6.07) is 4.51. The fourth-order valence-electron chi connectivity index (χ4n) is 3.80. The maximum atomic E-state index is 6.18. The summed E-state index contributed by atoms with van der Waals surface area (Å²) in [5, 5.41) is 0. The van der Waals surface area contributed by atoms with Crippen molar-refractivity contribution in [3.63, 3.8) is 0 Å². The van der Waals surface area contributed by atoms with Gasteiger partial charge in [-0.2, -0.15) is 0 Å². The molecular weight excluding hydrogens is 258 g/mol. The minimum absolute atomic E-state index is 0.439. The standard InChI is InChI=1S/C19H31NO/c1-5-21-19-11-15(4)14(3)10-17(19)18(12-20)16-8-6-7-13(2)9-16/h10-11,13,16,18H,5-9,12,20H2,1-4H3. The van der Waals surface area contributed by atoms with Gasteiger partial charge in [-0.15, -0.1) is 0 Å². The van der Waals surface area contributed by atoms with Crippen LogP contribution in [0.5, 0.6) is 5.75 Å². The predicted octanol–water partition coefficient (Wildman–Crippen LogP) is 4.57. The van der Waals surface area contributed by atoms with Gasteiger partial charge in [0.05, 0.1) is 6.61 Å². The van der Waals surface area contributed by atoms with Crippen molar-refractivity contribution in [3.05, 3.63) is 28.8 Å². The van der Waals surface area contributed by atoms with Crippen LogP contribution >= 0.6 is 0 Å². The summed E-state index contributed by atoms with van der Waals surface area (Å²) in [7, 11) is 0. The normalized spacial score (nSPS) is 23.9. The molecule has 0 saturated heterocycles. The summed E-state index contributed by atoms with van der Waals surface area (Å²) in [4.78, 5) is 0. The topological polar surface area (TPSA) is 35.2 Å². The first-order valence-corrected chi connectivity index (χ1v) is 8.50. The van der Waals surface area contributed by atoms with Crippen LogP contribution in [0.1, 0.15) is 62.1 Å². The number of benzene rings is 1. The number of hydrogen-bond donors (Lipinski definition) is 1. The molecule has 2 nitrogen and oxygen atoms in total. The third-order valence-electron chi connectivity index (χ3n) is 5.13. The molecule has 2 heteroatoms. The SMILES string of the molecule is CCOc1cc(C)c(C)cc1C(CN)C1CCCC(C)C1. The lowest BCUT2D eigenvalue weighted by molar-refractivity contribution is 0.242. The third-order valence-corrected chi connectivity index (χ3v) is 5.13. The van der Waals surface area contributed by atoms with Gasteiger partial charge in [-0.05, 0) is 74.8 Å². The molecule has 1 aromatic carbocycles. The van der Waals surface area contributed by atoms with Gasteiger partial charge in [0.1, 0.15) is 5.75 Å². The van der Waals surface area contributed by atoms with E-state index < -0.39 is 0 Å². The van der Waals surface area contributed by atoms with Gasteiger partial charge in [0.25, 0.3) is 0 Å². The first kappa shape index (κ1) is 16.4. The Balaban J connectivity index is 2.33. The highest BCUT2D eigenvalue weighted by Crippen LogP contribution is 2.41. The molecule has 3 unspecified atom stereocenters. The quantitative estimate of drug-likeness (QED) is 0.861. The molecule has 0 radical (unpaired) electrons. The second-order valence-corrected chi connectivity index (χ2v) is 6.78. The summed E-state index contributed by atoms with van der Waals surface area (Å²) in [5.74, 6) is 3.03. The van der Waals surface area contributed by atoms with Crippen molar-refractivity contribution in [2.24, 2.45) is 17.6 Å². The number of aryl methyl sites for hydroxylation is 2. The van der Waals surface area contributed by atoms with E-state index in [4.69, 9.17) is 10.5 Å². The molecule has 2 rings (SSSR count). The van der Waals surface area contributed by atoms with Crippen LogP contribution in [0.25, 0.3) is 0 Å². The third kappa shape index (κ3) is 3.79. The first-order chi connectivity index (χ1) is 10.1. The molecule has 21 heavy (non-hydrogen) atoms. The molecule has 1 aliphatic carbocycles. The van der Waals surface area contributed by atoms with Gasteiger partial charge in [0.2, 0.25) is 0 Å². The van der Waals surface area contributed by atoms with Gasteiger partial charge in [-0.25, -0.2) is 0 Å². The van der Waals surface area contributed by atoms with Crippen LogP contribution in [0.2, 0.25) is 0 Å². The van der Waals surface area contributed by atoms with Crippen molar-refractivity contribution in [3.8, 4) is 5.75 Å². The molecule has 1 fully saturated rings. The second-order valence-electron chi connectivity index (χ2n) is 6.78. The van der Waals surface area contributed by atoms with Gasteiger partial charge in [-0.1, -0.05) is 25.8 Å². The van der Waals surface area contributed by atoms with Crippen molar-refractivity contribution in [1.29, 1.82) is 0 Å². The summed E-state index contributed by atoms with van der Waals surface area (Å²) < 4.78 is 5.92. The highest BCUT2D eigenvalue weighted by molar-refractivity contribution is 5.44. The van der Waals surface area contributed by atoms with Gasteiger partial charge < -0.3 is 10.5 Å². The Hall–Kier alpha value is -1.02. The Bertz CT molecular complexity index is 469. The van der Waals surface area contributed by atoms with Crippen molar-refractivity contribution in [2.75, 3.05) is 13.2 Å². The minimum Gasteiger partial charge on any atom is -0.494 e. The molecule has 0 heterocycles. The monoisotopic (exact) mass is 289 g/mol. The van der Waals surface area contributed by atoms with Gasteiger partial charge in [-0.3, -0.25) is 0 Å². The number of nitrogens with two attached hydrogens (primary N) is 1. The highest BCUT2D eigenvalue weighted by atomic mass is 16.5. The fraction of sp³-hybridized carbons (Fsp3) is 0.684. The summed E-state index contributed by atoms with van der Waals surface area (Å²) in [5.41, 5.74) is 10.2. The Kier molecular flexibility index (Phi) is 5.69. The maximum absolute atomic E-state index is 6.18. The lowest BCUT2D eigenvalue weighted by Crippen LogP contribution is -2.26. The van der Waals surface area contributed by atoms with E-state index in [0.29, 0.717) is 18.4 Å². The van der Waals surface area contributed by atoms with E-state index in [1.165, 1.54) is 42.4 Å². The van der Waals surface area contributed by atoms with Crippen molar-refractivity contribution in [2.45, 2.75) is 59.3 Å². The second kappa shape index (κ2) is 7.31. The molecule has 1 aliphatic rings. The molecule has 0 aromatic heterocycles. The van der Waals surface area contributed by atoms with E-state index in [9.17, 15) is 0 Å². The molecule has 118 valence electrons. The Morgan fingerprint density at radius 3 is 2.57 bits per heavy atom. The van der Waals surface area contributed by atoms with E-state index in [1.807, 2.05) is 0 Å². The number of ether oxygens (including phenoxy) is 1. The van der Waals surface area contributed by atoms with Gasteiger partial charge >= 0.3 is 0 Å². The van der Waals surface area contributed by atoms with Crippen molar-refractivity contribution in [1.82, 2.24) is 0 Å². The molecule has 0 spiro atoms. The van der Waals surface area contributed by atoms with Crippen LogP contribution < -0.4 is 10.5 Å². The zero-order valence-electron chi connectivity index (χ0n) is 14.1. The number of rotatable bonds is 5. The molecule has 0 aliphatic heterocycles. The Labute approximate surface area is 130 Å². The van der Waals surface area contributed by atoms with E-state index in [2.05, 4.69) is 39.8 Å². The van der Waals surface area contributed by atoms with E-state index >= 15 is 0 Å². The predicted molar refractivity (Wildman–Crippen MR) is 90.0 cm³/mol. The average molecular weight is 289 g/mol.